The maximum Gasteiger partial charge on any atom is 1.00 e. The molecule has 2 atom stereocenters. The third-order valence-electron chi connectivity index (χ3n) is 2.33. The van der Waals surface area contributed by atoms with Crippen LogP contribution >= 0.6 is 29.4 Å². The molecule has 0 N–H and O–H groups in total. The Morgan fingerprint density at radius 1 is 0.765 bits per heavy atom. The van der Waals surface area contributed by atoms with Crippen molar-refractivity contribution in [3.63, 3.8) is 0 Å². The summed E-state index contributed by atoms with van der Waals surface area (Å²) in [6, 6.07) is 0. The van der Waals surface area contributed by atoms with E-state index < -0.39 is 7.74 Å². The quantitative estimate of drug-likeness (QED) is 0.494. The van der Waals surface area contributed by atoms with E-state index in [0.29, 0.717) is 31.8 Å². The topological polar surface area (TPSA) is 0 Å². The van der Waals surface area contributed by atoms with Gasteiger partial charge in [-0.3, -0.25) is 0 Å². The molecule has 0 nitrogen and oxygen atoms in total. The monoisotopic (exact) mass is 318 g/mol. The fourth-order valence-corrected chi connectivity index (χ4v) is 73.1. The molecule has 0 aliphatic carbocycles. The van der Waals surface area contributed by atoms with Crippen LogP contribution in [-0.2, 0) is 0 Å². The van der Waals surface area contributed by atoms with Crippen LogP contribution < -0.4 is 18.9 Å². The SMILES string of the molecule is CC(C)(C)P1[P-]P(C(C)(C)C)P1[Si](C)(C)C.[Li+]. The summed E-state index contributed by atoms with van der Waals surface area (Å²) < 4.78 is 0. The second-order valence-corrected chi connectivity index (χ2v) is 36.2. The van der Waals surface area contributed by atoms with Gasteiger partial charge in [-0.2, -0.15) is 0 Å². The van der Waals surface area contributed by atoms with Gasteiger partial charge in [0.05, 0.1) is 7.74 Å². The van der Waals surface area contributed by atoms with Gasteiger partial charge in [0.1, 0.15) is 0 Å². The molecule has 1 heterocycles. The van der Waals surface area contributed by atoms with E-state index in [1.807, 2.05) is 7.96 Å². The van der Waals surface area contributed by atoms with Crippen molar-refractivity contribution in [3.8, 4) is 0 Å². The molecule has 0 saturated carbocycles. The molecule has 0 radical (unpaired) electrons. The van der Waals surface area contributed by atoms with Crippen molar-refractivity contribution in [1.29, 1.82) is 0 Å². The molecule has 1 rings (SSSR count). The van der Waals surface area contributed by atoms with E-state index >= 15 is 0 Å². The van der Waals surface area contributed by atoms with Crippen molar-refractivity contribution in [2.24, 2.45) is 0 Å². The first-order chi connectivity index (χ1) is 6.85. The first kappa shape index (κ1) is 19.5. The van der Waals surface area contributed by atoms with Gasteiger partial charge < -0.3 is 7.96 Å². The summed E-state index contributed by atoms with van der Waals surface area (Å²) in [4.78, 5) is 0. The van der Waals surface area contributed by atoms with Crippen LogP contribution in [0.25, 0.3) is 0 Å². The van der Waals surface area contributed by atoms with Crippen LogP contribution in [0.3, 0.4) is 0 Å². The van der Waals surface area contributed by atoms with Gasteiger partial charge in [-0.25, -0.2) is 14.6 Å². The molecular weight excluding hydrogens is 291 g/mol. The van der Waals surface area contributed by atoms with Crippen molar-refractivity contribution >= 4 is 37.1 Å². The Labute approximate surface area is 127 Å². The van der Waals surface area contributed by atoms with Gasteiger partial charge in [0, 0.05) is 0 Å². The number of hydrogen-bond acceptors (Lipinski definition) is 0. The molecule has 6 heteroatoms. The van der Waals surface area contributed by atoms with Crippen molar-refractivity contribution in [2.45, 2.75) is 71.5 Å². The third-order valence-corrected chi connectivity index (χ3v) is 54.7. The summed E-state index contributed by atoms with van der Waals surface area (Å²) in [6.07, 6.45) is 0. The molecule has 96 valence electrons. The minimum Gasteiger partial charge on any atom is -0.465 e. The van der Waals surface area contributed by atoms with Crippen LogP contribution in [0.2, 0.25) is 19.6 Å². The van der Waals surface area contributed by atoms with Gasteiger partial charge in [0.15, 0.2) is 0 Å². The summed E-state index contributed by atoms with van der Waals surface area (Å²) in [5.74, 6) is 0. The fraction of sp³-hybridized carbons (Fsp3) is 1.00. The average Bonchev–Trinajstić information content (AvgIpc) is 1.68. The Bertz CT molecular complexity index is 244. The van der Waals surface area contributed by atoms with E-state index in [-0.39, 0.29) is 18.9 Å². The average molecular weight is 318 g/mol. The van der Waals surface area contributed by atoms with Crippen molar-refractivity contribution in [3.05, 3.63) is 0 Å². The van der Waals surface area contributed by atoms with Crippen molar-refractivity contribution in [2.75, 3.05) is 0 Å². The molecule has 1 saturated heterocycles. The molecule has 0 aromatic rings. The van der Waals surface area contributed by atoms with E-state index in [1.165, 1.54) is 0 Å². The Morgan fingerprint density at radius 3 is 1.24 bits per heavy atom. The zero-order chi connectivity index (χ0) is 12.9. The van der Waals surface area contributed by atoms with E-state index in [1.54, 1.807) is 0 Å². The molecule has 1 aliphatic rings. The van der Waals surface area contributed by atoms with Crippen LogP contribution in [-0.4, -0.2) is 18.1 Å². The molecular formula is C11H27LiP4Si. The smallest absolute Gasteiger partial charge is 0.465 e. The summed E-state index contributed by atoms with van der Waals surface area (Å²) in [7, 11) is 1.65. The van der Waals surface area contributed by atoms with E-state index in [2.05, 4.69) is 61.2 Å². The Hall–Kier alpha value is 2.53. The van der Waals surface area contributed by atoms with E-state index in [4.69, 9.17) is 0 Å². The predicted molar refractivity (Wildman–Crippen MR) is 90.5 cm³/mol. The van der Waals surface area contributed by atoms with Gasteiger partial charge in [0.25, 0.3) is 0 Å². The standard InChI is InChI=1S/C11H27P4Si.Li/c1-10(2,3)13-12-14(11(4,5)6)15(13)16(7,8)9;/h1-9H3;/q-1;+1. The molecule has 17 heavy (non-hydrogen) atoms. The molecule has 0 aromatic carbocycles. The van der Waals surface area contributed by atoms with Gasteiger partial charge >= 0.3 is 18.9 Å². The zero-order valence-electron chi connectivity index (χ0n) is 13.3. The van der Waals surface area contributed by atoms with Crippen LogP contribution in [0.15, 0.2) is 0 Å². The van der Waals surface area contributed by atoms with E-state index in [0.717, 1.165) is 0 Å². The Kier molecular flexibility index (Phi) is 7.02. The normalized spacial score (nSPS) is 31.9. The molecule has 1 aliphatic heterocycles. The zero-order valence-corrected chi connectivity index (χ0v) is 17.9. The van der Waals surface area contributed by atoms with Gasteiger partial charge in [-0.05, 0) is 10.3 Å². The minimum absolute atomic E-state index is 0. The number of hydrogen-bond donors (Lipinski definition) is 0. The molecule has 0 spiro atoms. The third kappa shape index (κ3) is 4.79. The first-order valence-corrected chi connectivity index (χ1v) is 18.1. The van der Waals surface area contributed by atoms with E-state index in [9.17, 15) is 0 Å². The largest absolute Gasteiger partial charge is 1.00 e. The van der Waals surface area contributed by atoms with Gasteiger partial charge in [-0.15, -0.1) is 6.85 Å². The second kappa shape index (κ2) is 6.11. The summed E-state index contributed by atoms with van der Waals surface area (Å²) in [5.41, 5.74) is 0. The Morgan fingerprint density at radius 2 is 1.06 bits per heavy atom. The summed E-state index contributed by atoms with van der Waals surface area (Å²) >= 11 is 0. The van der Waals surface area contributed by atoms with Crippen molar-refractivity contribution < 1.29 is 18.9 Å². The second-order valence-electron chi connectivity index (χ2n) is 7.47. The number of rotatable bonds is 1. The van der Waals surface area contributed by atoms with Crippen LogP contribution in [0.1, 0.15) is 41.5 Å². The van der Waals surface area contributed by atoms with Gasteiger partial charge in [-0.1, -0.05) is 61.2 Å². The molecule has 0 bridgehead atoms. The predicted octanol–water partition coefficient (Wildman–Crippen LogP) is 4.49. The molecule has 0 aromatic heterocycles. The van der Waals surface area contributed by atoms with Gasteiger partial charge in [0.2, 0.25) is 0 Å². The maximum absolute atomic E-state index is 2.62. The van der Waals surface area contributed by atoms with Crippen LogP contribution in [0.5, 0.6) is 0 Å². The summed E-state index contributed by atoms with van der Waals surface area (Å²) in [5, 5.41) is 1.21. The van der Waals surface area contributed by atoms with Crippen LogP contribution in [0.4, 0.5) is 0 Å². The first-order valence-electron chi connectivity index (χ1n) is 5.97. The molecule has 0 amide bonds. The van der Waals surface area contributed by atoms with Crippen LogP contribution in [0, 0.1) is 0 Å². The minimum atomic E-state index is -0.904. The maximum atomic E-state index is 2.62. The Balaban J connectivity index is 0.00000256. The molecule has 2 unspecified atom stereocenters. The fourth-order valence-electron chi connectivity index (χ4n) is 1.61. The molecule has 1 fully saturated rings. The summed E-state index contributed by atoms with van der Waals surface area (Å²) in [6.45, 7) is 23.2. The van der Waals surface area contributed by atoms with Crippen molar-refractivity contribution in [1.82, 2.24) is 0 Å².